The summed E-state index contributed by atoms with van der Waals surface area (Å²) in [5, 5.41) is 0. The first-order valence-corrected chi connectivity index (χ1v) is 5.73. The molecule has 0 unspecified atom stereocenters. The molecule has 0 saturated carbocycles. The minimum Gasteiger partial charge on any atom is -0.492 e. The van der Waals surface area contributed by atoms with Crippen LogP contribution in [0, 0.1) is 5.95 Å². The van der Waals surface area contributed by atoms with E-state index in [1.165, 1.54) is 25.8 Å². The van der Waals surface area contributed by atoms with Crippen molar-refractivity contribution in [1.29, 1.82) is 0 Å². The molecule has 2 heterocycles. The van der Waals surface area contributed by atoms with E-state index < -0.39 is 5.95 Å². The van der Waals surface area contributed by atoms with Crippen molar-refractivity contribution >= 4 is 0 Å². The molecule has 1 aliphatic heterocycles. The van der Waals surface area contributed by atoms with Crippen LogP contribution in [0.3, 0.4) is 0 Å². The number of hydrogen-bond donors (Lipinski definition) is 0. The van der Waals surface area contributed by atoms with Gasteiger partial charge in [-0.3, -0.25) is 0 Å². The molecule has 1 atom stereocenters. The first-order chi connectivity index (χ1) is 8.20. The van der Waals surface area contributed by atoms with Gasteiger partial charge in [-0.2, -0.15) is 4.39 Å². The lowest BCUT2D eigenvalue weighted by atomic mass is 10.2. The third-order valence-corrected chi connectivity index (χ3v) is 3.12. The number of rotatable bonds is 4. The molecule has 94 valence electrons. The van der Waals surface area contributed by atoms with Gasteiger partial charge in [0.05, 0.1) is 13.3 Å². The van der Waals surface area contributed by atoms with Crippen molar-refractivity contribution in [2.75, 3.05) is 27.3 Å². The quantitative estimate of drug-likeness (QED) is 0.750. The molecule has 1 fully saturated rings. The summed E-state index contributed by atoms with van der Waals surface area (Å²) in [4.78, 5) is 5.86. The third kappa shape index (κ3) is 2.85. The highest BCUT2D eigenvalue weighted by atomic mass is 19.1. The molecule has 1 aromatic heterocycles. The zero-order chi connectivity index (χ0) is 12.3. The average molecular weight is 240 g/mol. The van der Waals surface area contributed by atoms with E-state index in [4.69, 9.17) is 9.47 Å². The average Bonchev–Trinajstić information content (AvgIpc) is 2.74. The summed E-state index contributed by atoms with van der Waals surface area (Å²) >= 11 is 0. The Kier molecular flexibility index (Phi) is 3.78. The fourth-order valence-electron chi connectivity index (χ4n) is 2.01. The normalized spacial score (nSPS) is 20.5. The molecule has 17 heavy (non-hydrogen) atoms. The highest BCUT2D eigenvalue weighted by Gasteiger charge is 2.21. The van der Waals surface area contributed by atoms with Gasteiger partial charge in [-0.05, 0) is 26.4 Å². The second-order valence-electron chi connectivity index (χ2n) is 4.25. The largest absolute Gasteiger partial charge is 0.492 e. The second kappa shape index (κ2) is 5.31. The van der Waals surface area contributed by atoms with E-state index in [-0.39, 0.29) is 5.75 Å². The van der Waals surface area contributed by atoms with Crippen LogP contribution in [-0.2, 0) is 0 Å². The monoisotopic (exact) mass is 240 g/mol. The summed E-state index contributed by atoms with van der Waals surface area (Å²) in [5.74, 6) is 0.0451. The standard InChI is InChI=1S/C12H17FN2O2/c1-15-5-3-4-9(15)8-17-10-6-11(16-2)12(13)14-7-10/h6-7,9H,3-5,8H2,1-2H3/t9-/m1/s1. The molecule has 4 nitrogen and oxygen atoms in total. The first-order valence-electron chi connectivity index (χ1n) is 5.73. The van der Waals surface area contributed by atoms with Crippen molar-refractivity contribution in [2.24, 2.45) is 0 Å². The van der Waals surface area contributed by atoms with Crippen molar-refractivity contribution < 1.29 is 13.9 Å². The van der Waals surface area contributed by atoms with Crippen molar-refractivity contribution in [2.45, 2.75) is 18.9 Å². The van der Waals surface area contributed by atoms with E-state index in [1.54, 1.807) is 0 Å². The number of methoxy groups -OCH3 is 1. The molecular formula is C12H17FN2O2. The Bertz CT molecular complexity index is 387. The molecule has 2 rings (SSSR count). The van der Waals surface area contributed by atoms with Gasteiger partial charge in [0.1, 0.15) is 12.4 Å². The molecule has 0 amide bonds. The summed E-state index contributed by atoms with van der Waals surface area (Å²) in [5.41, 5.74) is 0. The van der Waals surface area contributed by atoms with Gasteiger partial charge in [0.2, 0.25) is 0 Å². The topological polar surface area (TPSA) is 34.6 Å². The molecule has 0 radical (unpaired) electrons. The summed E-state index contributed by atoms with van der Waals surface area (Å²) in [6.07, 6.45) is 3.73. The zero-order valence-corrected chi connectivity index (χ0v) is 10.1. The highest BCUT2D eigenvalue weighted by molar-refractivity contribution is 5.29. The molecule has 0 aliphatic carbocycles. The summed E-state index contributed by atoms with van der Waals surface area (Å²) in [7, 11) is 3.50. The minimum atomic E-state index is -0.613. The van der Waals surface area contributed by atoms with E-state index >= 15 is 0 Å². The van der Waals surface area contributed by atoms with Gasteiger partial charge in [-0.1, -0.05) is 0 Å². The van der Waals surface area contributed by atoms with Crippen LogP contribution in [0.5, 0.6) is 11.5 Å². The number of hydrogen-bond acceptors (Lipinski definition) is 4. The van der Waals surface area contributed by atoms with E-state index in [0.29, 0.717) is 18.4 Å². The number of likely N-dealkylation sites (N-methyl/N-ethyl adjacent to an activating group) is 1. The van der Waals surface area contributed by atoms with Crippen LogP contribution in [0.1, 0.15) is 12.8 Å². The van der Waals surface area contributed by atoms with Gasteiger partial charge in [-0.15, -0.1) is 0 Å². The molecule has 1 aliphatic rings. The Morgan fingerprint density at radius 3 is 3.06 bits per heavy atom. The number of aromatic nitrogens is 1. The van der Waals surface area contributed by atoms with Gasteiger partial charge in [0.25, 0.3) is 5.95 Å². The summed E-state index contributed by atoms with van der Waals surface area (Å²) < 4.78 is 23.5. The number of halogens is 1. The number of nitrogens with zero attached hydrogens (tertiary/aromatic N) is 2. The van der Waals surface area contributed by atoms with Crippen molar-refractivity contribution in [1.82, 2.24) is 9.88 Å². The Hall–Kier alpha value is -1.36. The molecular weight excluding hydrogens is 223 g/mol. The SMILES string of the molecule is COc1cc(OC[C@H]2CCCN2C)cnc1F. The molecule has 0 N–H and O–H groups in total. The predicted octanol–water partition coefficient (Wildman–Crippen LogP) is 1.70. The lowest BCUT2D eigenvalue weighted by Gasteiger charge is -2.19. The predicted molar refractivity (Wildman–Crippen MR) is 61.9 cm³/mol. The van der Waals surface area contributed by atoms with Crippen LogP contribution in [0.4, 0.5) is 4.39 Å². The molecule has 0 aromatic carbocycles. The molecule has 1 saturated heterocycles. The lowest BCUT2D eigenvalue weighted by molar-refractivity contribution is 0.197. The number of likely N-dealkylation sites (tertiary alicyclic amines) is 1. The van der Waals surface area contributed by atoms with Gasteiger partial charge in [0.15, 0.2) is 5.75 Å². The van der Waals surface area contributed by atoms with E-state index in [1.807, 2.05) is 0 Å². The van der Waals surface area contributed by atoms with Crippen molar-refractivity contribution in [3.05, 3.63) is 18.2 Å². The van der Waals surface area contributed by atoms with E-state index in [9.17, 15) is 4.39 Å². The van der Waals surface area contributed by atoms with Gasteiger partial charge < -0.3 is 14.4 Å². The Labute approximate surface area is 100 Å². The Morgan fingerprint density at radius 1 is 1.59 bits per heavy atom. The molecule has 1 aromatic rings. The van der Waals surface area contributed by atoms with Gasteiger partial charge >= 0.3 is 0 Å². The minimum absolute atomic E-state index is 0.113. The first kappa shape index (κ1) is 12.1. The Balaban J connectivity index is 1.94. The van der Waals surface area contributed by atoms with Crippen LogP contribution in [-0.4, -0.2) is 43.2 Å². The molecule has 5 heteroatoms. The maximum Gasteiger partial charge on any atom is 0.255 e. The van der Waals surface area contributed by atoms with Crippen LogP contribution in [0.2, 0.25) is 0 Å². The maximum atomic E-state index is 13.1. The van der Waals surface area contributed by atoms with E-state index in [0.717, 1.165) is 13.0 Å². The van der Waals surface area contributed by atoms with Gasteiger partial charge in [-0.25, -0.2) is 4.98 Å². The van der Waals surface area contributed by atoms with Crippen LogP contribution in [0.25, 0.3) is 0 Å². The van der Waals surface area contributed by atoms with Crippen LogP contribution >= 0.6 is 0 Å². The Morgan fingerprint density at radius 2 is 2.41 bits per heavy atom. The molecule has 0 bridgehead atoms. The summed E-state index contributed by atoms with van der Waals surface area (Å²) in [6, 6.07) is 1.96. The summed E-state index contributed by atoms with van der Waals surface area (Å²) in [6.45, 7) is 1.71. The lowest BCUT2D eigenvalue weighted by Crippen LogP contribution is -2.30. The van der Waals surface area contributed by atoms with Gasteiger partial charge in [0, 0.05) is 12.1 Å². The van der Waals surface area contributed by atoms with Crippen molar-refractivity contribution in [3.63, 3.8) is 0 Å². The van der Waals surface area contributed by atoms with E-state index in [2.05, 4.69) is 16.9 Å². The van der Waals surface area contributed by atoms with Crippen molar-refractivity contribution in [3.8, 4) is 11.5 Å². The zero-order valence-electron chi connectivity index (χ0n) is 10.1. The van der Waals surface area contributed by atoms with Crippen LogP contribution < -0.4 is 9.47 Å². The third-order valence-electron chi connectivity index (χ3n) is 3.12. The second-order valence-corrected chi connectivity index (χ2v) is 4.25. The number of pyridine rings is 1. The highest BCUT2D eigenvalue weighted by Crippen LogP contribution is 2.22. The van der Waals surface area contributed by atoms with Crippen LogP contribution in [0.15, 0.2) is 12.3 Å². The molecule has 0 spiro atoms. The maximum absolute atomic E-state index is 13.1. The smallest absolute Gasteiger partial charge is 0.255 e. The fraction of sp³-hybridized carbons (Fsp3) is 0.583. The fourth-order valence-corrected chi connectivity index (χ4v) is 2.01. The number of ether oxygens (including phenoxy) is 2.